The molecule has 23 heavy (non-hydrogen) atoms. The lowest BCUT2D eigenvalue weighted by atomic mass is 10.0. The largest absolute Gasteiger partial charge is 0.340 e. The van der Waals surface area contributed by atoms with Crippen molar-refractivity contribution >= 4 is 11.8 Å². The van der Waals surface area contributed by atoms with Crippen LogP contribution in [0.1, 0.15) is 43.5 Å². The Balaban J connectivity index is 1.98. The Hall–Kier alpha value is -1.95. The molecule has 1 atom stereocenters. The second-order valence-corrected chi connectivity index (χ2v) is 6.23. The first-order valence-corrected chi connectivity index (χ1v) is 8.09. The monoisotopic (exact) mass is 321 g/mol. The quantitative estimate of drug-likeness (QED) is 0.873. The van der Waals surface area contributed by atoms with E-state index < -0.39 is 11.9 Å². The molecule has 1 aromatic carbocycles. The van der Waals surface area contributed by atoms with Crippen LogP contribution in [0.2, 0.25) is 0 Å². The van der Waals surface area contributed by atoms with Gasteiger partial charge in [0.1, 0.15) is 11.9 Å². The van der Waals surface area contributed by atoms with Crippen LogP contribution in [0, 0.1) is 11.7 Å². The Kier molecular flexibility index (Phi) is 6.10. The molecule has 0 saturated carbocycles. The number of piperidine rings is 1. The molecular weight excluding hydrogens is 297 g/mol. The molecule has 0 radical (unpaired) electrons. The third kappa shape index (κ3) is 5.03. The van der Waals surface area contributed by atoms with E-state index in [4.69, 9.17) is 0 Å². The molecule has 0 unspecified atom stereocenters. The topological polar surface area (TPSA) is 61.4 Å². The maximum atomic E-state index is 12.9. The summed E-state index contributed by atoms with van der Waals surface area (Å²) in [5, 5.41) is 4.65. The van der Waals surface area contributed by atoms with Crippen molar-refractivity contribution in [1.29, 1.82) is 0 Å². The molecule has 0 aliphatic carbocycles. The number of hydrogen-bond donors (Lipinski definition) is 2. The van der Waals surface area contributed by atoms with Crippen molar-refractivity contribution in [1.82, 2.24) is 15.8 Å². The van der Waals surface area contributed by atoms with Gasteiger partial charge in [-0.1, -0.05) is 20.3 Å². The fraction of sp³-hybridized carbons (Fsp3) is 0.529. The van der Waals surface area contributed by atoms with Crippen molar-refractivity contribution in [3.8, 4) is 0 Å². The second kappa shape index (κ2) is 8.06. The summed E-state index contributed by atoms with van der Waals surface area (Å²) in [6.07, 6.45) is 3.31. The van der Waals surface area contributed by atoms with Crippen LogP contribution >= 0.6 is 0 Å². The number of amides is 2. The molecule has 2 amide bonds. The minimum Gasteiger partial charge on any atom is -0.340 e. The van der Waals surface area contributed by atoms with Crippen LogP contribution in [-0.4, -0.2) is 36.0 Å². The minimum atomic E-state index is -0.630. The average Bonchev–Trinajstić information content (AvgIpc) is 2.53. The highest BCUT2D eigenvalue weighted by molar-refractivity contribution is 5.97. The summed E-state index contributed by atoms with van der Waals surface area (Å²) in [6.45, 7) is 5.43. The fourth-order valence-electron chi connectivity index (χ4n) is 2.59. The van der Waals surface area contributed by atoms with Crippen molar-refractivity contribution in [3.63, 3.8) is 0 Å². The molecule has 1 aliphatic rings. The van der Waals surface area contributed by atoms with Crippen LogP contribution in [0.15, 0.2) is 24.3 Å². The lowest BCUT2D eigenvalue weighted by Gasteiger charge is -2.30. The molecule has 1 heterocycles. The Morgan fingerprint density at radius 1 is 1.09 bits per heavy atom. The summed E-state index contributed by atoms with van der Waals surface area (Å²) in [7, 11) is 0. The van der Waals surface area contributed by atoms with Gasteiger partial charge in [0.15, 0.2) is 0 Å². The van der Waals surface area contributed by atoms with Crippen LogP contribution in [0.25, 0.3) is 0 Å². The maximum Gasteiger partial charge on any atom is 0.257 e. The third-order valence-corrected chi connectivity index (χ3v) is 3.97. The lowest BCUT2D eigenvalue weighted by molar-refractivity contribution is -0.129. The van der Waals surface area contributed by atoms with E-state index in [1.165, 1.54) is 30.7 Å². The van der Waals surface area contributed by atoms with Gasteiger partial charge < -0.3 is 5.32 Å². The third-order valence-electron chi connectivity index (χ3n) is 3.97. The standard InChI is InChI=1S/C17H24FN3O2/c1-12(2)15(17(23)20-21-10-4-3-5-11-21)19-16(22)13-6-8-14(18)9-7-13/h6-9,12,15H,3-5,10-11H2,1-2H3,(H,19,22)(H,20,23)/t15-/m0/s1. The number of carbonyl (C=O) groups is 2. The number of hydrogen-bond acceptors (Lipinski definition) is 3. The van der Waals surface area contributed by atoms with Gasteiger partial charge in [0.2, 0.25) is 0 Å². The van der Waals surface area contributed by atoms with Crippen LogP contribution < -0.4 is 10.7 Å². The van der Waals surface area contributed by atoms with Gasteiger partial charge in [-0.15, -0.1) is 0 Å². The van der Waals surface area contributed by atoms with Crippen molar-refractivity contribution in [2.45, 2.75) is 39.2 Å². The van der Waals surface area contributed by atoms with Crippen molar-refractivity contribution in [3.05, 3.63) is 35.6 Å². The number of halogens is 1. The lowest BCUT2D eigenvalue weighted by Crippen LogP contribution is -2.55. The first kappa shape index (κ1) is 17.4. The van der Waals surface area contributed by atoms with E-state index >= 15 is 0 Å². The molecule has 1 aliphatic heterocycles. The highest BCUT2D eigenvalue weighted by Gasteiger charge is 2.26. The van der Waals surface area contributed by atoms with Gasteiger partial charge in [-0.2, -0.15) is 0 Å². The van der Waals surface area contributed by atoms with Gasteiger partial charge in [-0.3, -0.25) is 15.0 Å². The number of rotatable bonds is 5. The average molecular weight is 321 g/mol. The molecule has 0 spiro atoms. The molecule has 2 rings (SSSR count). The zero-order chi connectivity index (χ0) is 16.8. The molecule has 0 aromatic heterocycles. The molecule has 6 heteroatoms. The summed E-state index contributed by atoms with van der Waals surface area (Å²) in [6, 6.07) is 4.64. The second-order valence-electron chi connectivity index (χ2n) is 6.23. The van der Waals surface area contributed by atoms with E-state index in [0.717, 1.165) is 25.9 Å². The van der Waals surface area contributed by atoms with E-state index in [-0.39, 0.29) is 17.7 Å². The normalized spacial score (nSPS) is 16.9. The number of nitrogens with zero attached hydrogens (tertiary/aromatic N) is 1. The molecule has 1 aromatic rings. The van der Waals surface area contributed by atoms with Gasteiger partial charge in [0.05, 0.1) is 0 Å². The zero-order valence-electron chi connectivity index (χ0n) is 13.6. The molecule has 1 fully saturated rings. The summed E-state index contributed by atoms with van der Waals surface area (Å²) in [4.78, 5) is 24.7. The molecule has 1 saturated heterocycles. The predicted molar refractivity (Wildman–Crippen MR) is 86.1 cm³/mol. The number of carbonyl (C=O) groups excluding carboxylic acids is 2. The van der Waals surface area contributed by atoms with Gasteiger partial charge in [-0.05, 0) is 43.0 Å². The SMILES string of the molecule is CC(C)[C@H](NC(=O)c1ccc(F)cc1)C(=O)NN1CCCCC1. The van der Waals surface area contributed by atoms with E-state index in [1.54, 1.807) is 0 Å². The Morgan fingerprint density at radius 2 is 1.70 bits per heavy atom. The zero-order valence-corrected chi connectivity index (χ0v) is 13.6. The minimum absolute atomic E-state index is 0.0517. The van der Waals surface area contributed by atoms with Gasteiger partial charge >= 0.3 is 0 Å². The predicted octanol–water partition coefficient (Wildman–Crippen LogP) is 2.10. The number of benzene rings is 1. The molecule has 5 nitrogen and oxygen atoms in total. The van der Waals surface area contributed by atoms with E-state index in [2.05, 4.69) is 10.7 Å². The number of hydrazine groups is 1. The summed E-state index contributed by atoms with van der Waals surface area (Å²) >= 11 is 0. The van der Waals surface area contributed by atoms with Crippen molar-refractivity contribution in [2.75, 3.05) is 13.1 Å². The van der Waals surface area contributed by atoms with Gasteiger partial charge in [-0.25, -0.2) is 9.40 Å². The highest BCUT2D eigenvalue weighted by Crippen LogP contribution is 2.09. The Morgan fingerprint density at radius 3 is 2.26 bits per heavy atom. The van der Waals surface area contributed by atoms with Gasteiger partial charge in [0, 0.05) is 18.7 Å². The summed E-state index contributed by atoms with van der Waals surface area (Å²) in [5.41, 5.74) is 3.22. The van der Waals surface area contributed by atoms with Crippen LogP contribution in [0.5, 0.6) is 0 Å². The highest BCUT2D eigenvalue weighted by atomic mass is 19.1. The Labute approximate surface area is 136 Å². The van der Waals surface area contributed by atoms with Crippen LogP contribution in [0.3, 0.4) is 0 Å². The fourth-order valence-corrected chi connectivity index (χ4v) is 2.59. The number of nitrogens with one attached hydrogen (secondary N) is 2. The summed E-state index contributed by atoms with van der Waals surface area (Å²) < 4.78 is 12.9. The van der Waals surface area contributed by atoms with Crippen molar-refractivity contribution in [2.24, 2.45) is 5.92 Å². The molecule has 2 N–H and O–H groups in total. The van der Waals surface area contributed by atoms with E-state index in [9.17, 15) is 14.0 Å². The Bertz CT molecular complexity index is 539. The van der Waals surface area contributed by atoms with E-state index in [1.807, 2.05) is 18.9 Å². The first-order valence-electron chi connectivity index (χ1n) is 8.09. The van der Waals surface area contributed by atoms with E-state index in [0.29, 0.717) is 5.56 Å². The van der Waals surface area contributed by atoms with Crippen LogP contribution in [0.4, 0.5) is 4.39 Å². The smallest absolute Gasteiger partial charge is 0.257 e. The molecular formula is C17H24FN3O2. The summed E-state index contributed by atoms with van der Waals surface area (Å²) in [5.74, 6) is -1.04. The van der Waals surface area contributed by atoms with Crippen LogP contribution in [-0.2, 0) is 4.79 Å². The first-order chi connectivity index (χ1) is 11.0. The van der Waals surface area contributed by atoms with Gasteiger partial charge in [0.25, 0.3) is 11.8 Å². The molecule has 0 bridgehead atoms. The maximum absolute atomic E-state index is 12.9. The molecule has 126 valence electrons. The van der Waals surface area contributed by atoms with Crippen molar-refractivity contribution < 1.29 is 14.0 Å².